The molecule has 1 aliphatic rings. The molecule has 0 heterocycles. The summed E-state index contributed by atoms with van der Waals surface area (Å²) >= 11 is 0. The van der Waals surface area contributed by atoms with E-state index in [-0.39, 0.29) is 6.61 Å². The molecule has 18 heavy (non-hydrogen) atoms. The summed E-state index contributed by atoms with van der Waals surface area (Å²) < 4.78 is 5.45. The van der Waals surface area contributed by atoms with Crippen molar-refractivity contribution >= 4 is 0 Å². The Hall–Kier alpha value is -1.57. The molecule has 2 rings (SSSR count). The number of ether oxygens (including phenoxy) is 1. The molecule has 1 aromatic carbocycles. The highest BCUT2D eigenvalue weighted by Crippen LogP contribution is 2.17. The predicted molar refractivity (Wildman–Crippen MR) is 68.3 cm³/mol. The van der Waals surface area contributed by atoms with Crippen LogP contribution in [0.1, 0.15) is 24.8 Å². The molecule has 2 N–H and O–H groups in total. The highest BCUT2D eigenvalue weighted by molar-refractivity contribution is 5.34. The van der Waals surface area contributed by atoms with Gasteiger partial charge < -0.3 is 15.2 Å². The fourth-order valence-electron chi connectivity index (χ4n) is 1.79. The zero-order chi connectivity index (χ0) is 12.8. The van der Waals surface area contributed by atoms with Gasteiger partial charge in [0.15, 0.2) is 0 Å². The lowest BCUT2D eigenvalue weighted by atomic mass is 9.93. The lowest BCUT2D eigenvalue weighted by molar-refractivity contribution is 0.0997. The van der Waals surface area contributed by atoms with E-state index in [1.165, 1.54) is 19.3 Å². The van der Waals surface area contributed by atoms with Gasteiger partial charge in [-0.15, -0.1) is 0 Å². The molecular formula is C14H18N2O2. The number of benzene rings is 1. The van der Waals surface area contributed by atoms with Crippen LogP contribution in [-0.2, 0) is 0 Å². The van der Waals surface area contributed by atoms with Gasteiger partial charge in [0, 0.05) is 12.6 Å². The first-order chi connectivity index (χ1) is 8.78. The quantitative estimate of drug-likeness (QED) is 0.797. The Bertz CT molecular complexity index is 407. The molecule has 4 heteroatoms. The summed E-state index contributed by atoms with van der Waals surface area (Å²) in [4.78, 5) is 0. The summed E-state index contributed by atoms with van der Waals surface area (Å²) in [6.07, 6.45) is 3.21. The van der Waals surface area contributed by atoms with Gasteiger partial charge in [0.1, 0.15) is 18.5 Å². The van der Waals surface area contributed by atoms with E-state index < -0.39 is 6.10 Å². The molecule has 0 bridgehead atoms. The first kappa shape index (κ1) is 12.9. The molecule has 0 aliphatic heterocycles. The average Bonchev–Trinajstić information content (AvgIpc) is 2.35. The summed E-state index contributed by atoms with van der Waals surface area (Å²) in [7, 11) is 0. The number of rotatable bonds is 6. The van der Waals surface area contributed by atoms with Crippen LogP contribution >= 0.6 is 0 Å². The molecule has 1 aromatic rings. The topological polar surface area (TPSA) is 65.3 Å². The van der Waals surface area contributed by atoms with Gasteiger partial charge in [-0.25, -0.2) is 0 Å². The summed E-state index contributed by atoms with van der Waals surface area (Å²) in [5, 5.41) is 21.7. The summed E-state index contributed by atoms with van der Waals surface area (Å²) in [5.41, 5.74) is 0.606. The highest BCUT2D eigenvalue weighted by atomic mass is 16.5. The highest BCUT2D eigenvalue weighted by Gasteiger charge is 2.17. The summed E-state index contributed by atoms with van der Waals surface area (Å²) in [6, 6.07) is 9.51. The van der Waals surface area contributed by atoms with Crippen LogP contribution in [0.5, 0.6) is 5.75 Å². The van der Waals surface area contributed by atoms with E-state index in [1.807, 2.05) is 6.07 Å². The molecular weight excluding hydrogens is 228 g/mol. The molecule has 1 saturated carbocycles. The minimum absolute atomic E-state index is 0.269. The maximum absolute atomic E-state index is 9.74. The first-order valence-corrected chi connectivity index (χ1v) is 6.32. The molecule has 96 valence electrons. The molecule has 0 radical (unpaired) electrons. The standard InChI is InChI=1S/C14H18N2O2/c15-8-11-4-6-14(7-5-11)18-10-13(17)9-16-12-2-1-3-12/h4-7,12-13,16-17H,1-3,9-10H2. The Morgan fingerprint density at radius 1 is 1.39 bits per heavy atom. The van der Waals surface area contributed by atoms with Gasteiger partial charge in [-0.2, -0.15) is 5.26 Å². The van der Waals surface area contributed by atoms with Crippen LogP contribution in [0.4, 0.5) is 0 Å². The minimum atomic E-state index is -0.499. The maximum atomic E-state index is 9.74. The van der Waals surface area contributed by atoms with Gasteiger partial charge in [-0.1, -0.05) is 6.42 Å². The Kier molecular flexibility index (Phi) is 4.57. The minimum Gasteiger partial charge on any atom is -0.491 e. The molecule has 1 fully saturated rings. The number of nitrogens with zero attached hydrogens (tertiary/aromatic N) is 1. The van der Waals surface area contributed by atoms with E-state index in [1.54, 1.807) is 24.3 Å². The van der Waals surface area contributed by atoms with Crippen molar-refractivity contribution in [1.29, 1.82) is 5.26 Å². The lowest BCUT2D eigenvalue weighted by Crippen LogP contribution is -2.41. The zero-order valence-corrected chi connectivity index (χ0v) is 10.3. The first-order valence-electron chi connectivity index (χ1n) is 6.32. The van der Waals surface area contributed by atoms with Crippen LogP contribution in [0, 0.1) is 11.3 Å². The SMILES string of the molecule is N#Cc1ccc(OCC(O)CNC2CCC2)cc1. The molecule has 0 amide bonds. The summed E-state index contributed by atoms with van der Waals surface area (Å²) in [5.74, 6) is 0.677. The molecule has 0 saturated heterocycles. The van der Waals surface area contributed by atoms with Gasteiger partial charge in [-0.05, 0) is 37.1 Å². The van der Waals surface area contributed by atoms with Gasteiger partial charge in [0.25, 0.3) is 0 Å². The van der Waals surface area contributed by atoms with Crippen molar-refractivity contribution in [1.82, 2.24) is 5.32 Å². The Balaban J connectivity index is 1.67. The van der Waals surface area contributed by atoms with Crippen molar-refractivity contribution in [3.8, 4) is 11.8 Å². The van der Waals surface area contributed by atoms with Crippen molar-refractivity contribution < 1.29 is 9.84 Å². The van der Waals surface area contributed by atoms with Crippen molar-refractivity contribution in [3.05, 3.63) is 29.8 Å². The van der Waals surface area contributed by atoms with Crippen LogP contribution in [0.15, 0.2) is 24.3 Å². The molecule has 0 spiro atoms. The normalized spacial score (nSPS) is 16.7. The Morgan fingerprint density at radius 3 is 2.67 bits per heavy atom. The van der Waals surface area contributed by atoms with Crippen LogP contribution in [0.2, 0.25) is 0 Å². The molecule has 1 atom stereocenters. The third-order valence-electron chi connectivity index (χ3n) is 3.17. The smallest absolute Gasteiger partial charge is 0.119 e. The second-order valence-electron chi connectivity index (χ2n) is 4.64. The van der Waals surface area contributed by atoms with Crippen molar-refractivity contribution in [2.24, 2.45) is 0 Å². The number of nitriles is 1. The van der Waals surface area contributed by atoms with Crippen LogP contribution in [-0.4, -0.2) is 30.4 Å². The van der Waals surface area contributed by atoms with E-state index in [0.717, 1.165) is 0 Å². The van der Waals surface area contributed by atoms with Gasteiger partial charge in [0.2, 0.25) is 0 Å². The van der Waals surface area contributed by atoms with Crippen molar-refractivity contribution in [2.75, 3.05) is 13.2 Å². The maximum Gasteiger partial charge on any atom is 0.119 e. The largest absolute Gasteiger partial charge is 0.491 e. The number of aliphatic hydroxyl groups excluding tert-OH is 1. The lowest BCUT2D eigenvalue weighted by Gasteiger charge is -2.27. The molecule has 1 unspecified atom stereocenters. The zero-order valence-electron chi connectivity index (χ0n) is 10.3. The van der Waals surface area contributed by atoms with E-state index in [0.29, 0.717) is 23.9 Å². The number of hydrogen-bond donors (Lipinski definition) is 2. The van der Waals surface area contributed by atoms with Crippen molar-refractivity contribution in [2.45, 2.75) is 31.4 Å². The van der Waals surface area contributed by atoms with E-state index in [2.05, 4.69) is 5.32 Å². The van der Waals surface area contributed by atoms with Gasteiger partial charge >= 0.3 is 0 Å². The molecule has 0 aromatic heterocycles. The number of nitrogens with one attached hydrogen (secondary N) is 1. The second-order valence-corrected chi connectivity index (χ2v) is 4.64. The molecule has 1 aliphatic carbocycles. The second kappa shape index (κ2) is 6.39. The monoisotopic (exact) mass is 246 g/mol. The Morgan fingerprint density at radius 2 is 2.11 bits per heavy atom. The van der Waals surface area contributed by atoms with Crippen LogP contribution < -0.4 is 10.1 Å². The van der Waals surface area contributed by atoms with E-state index in [4.69, 9.17) is 10.00 Å². The van der Waals surface area contributed by atoms with E-state index >= 15 is 0 Å². The number of hydrogen-bond acceptors (Lipinski definition) is 4. The van der Waals surface area contributed by atoms with Crippen LogP contribution in [0.3, 0.4) is 0 Å². The van der Waals surface area contributed by atoms with Crippen molar-refractivity contribution in [3.63, 3.8) is 0 Å². The van der Waals surface area contributed by atoms with E-state index in [9.17, 15) is 5.11 Å². The average molecular weight is 246 g/mol. The fraction of sp³-hybridized carbons (Fsp3) is 0.500. The van der Waals surface area contributed by atoms with Crippen LogP contribution in [0.25, 0.3) is 0 Å². The number of aliphatic hydroxyl groups is 1. The third-order valence-corrected chi connectivity index (χ3v) is 3.17. The molecule has 4 nitrogen and oxygen atoms in total. The summed E-state index contributed by atoms with van der Waals surface area (Å²) in [6.45, 7) is 0.840. The van der Waals surface area contributed by atoms with Gasteiger partial charge in [-0.3, -0.25) is 0 Å². The van der Waals surface area contributed by atoms with Gasteiger partial charge in [0.05, 0.1) is 11.6 Å². The third kappa shape index (κ3) is 3.73. The Labute approximate surface area is 107 Å². The fourth-order valence-corrected chi connectivity index (χ4v) is 1.79. The predicted octanol–water partition coefficient (Wildman–Crippen LogP) is 1.44.